The summed E-state index contributed by atoms with van der Waals surface area (Å²) in [4.78, 5) is 10.1. The van der Waals surface area contributed by atoms with Crippen molar-refractivity contribution in [2.75, 3.05) is 0 Å². The Morgan fingerprint density at radius 3 is 3.04 bits per heavy atom. The van der Waals surface area contributed by atoms with Gasteiger partial charge in [0.2, 0.25) is 0 Å². The first kappa shape index (κ1) is 15.5. The van der Waals surface area contributed by atoms with Crippen LogP contribution in [-0.4, -0.2) is 14.5 Å². The first-order valence-electron chi connectivity index (χ1n) is 8.56. The highest BCUT2D eigenvalue weighted by Gasteiger charge is 2.22. The van der Waals surface area contributed by atoms with Gasteiger partial charge in [0.15, 0.2) is 0 Å². The van der Waals surface area contributed by atoms with Gasteiger partial charge in [0.25, 0.3) is 0 Å². The van der Waals surface area contributed by atoms with Gasteiger partial charge in [0.05, 0.1) is 11.3 Å². The zero-order valence-corrected chi connectivity index (χ0v) is 14.7. The van der Waals surface area contributed by atoms with Gasteiger partial charge in [0, 0.05) is 47.7 Å². The molecule has 24 heavy (non-hydrogen) atoms. The van der Waals surface area contributed by atoms with Gasteiger partial charge in [-0.1, -0.05) is 18.6 Å². The molecule has 4 rings (SSSR count). The number of benzene rings is 1. The first-order valence-corrected chi connectivity index (χ1v) is 9.37. The van der Waals surface area contributed by atoms with Gasteiger partial charge in [-0.3, -0.25) is 0 Å². The lowest BCUT2D eigenvalue weighted by Gasteiger charge is -2.22. The summed E-state index contributed by atoms with van der Waals surface area (Å²) in [5.41, 5.74) is 2.42. The maximum atomic E-state index is 4.60. The topological polar surface area (TPSA) is 42.7 Å². The van der Waals surface area contributed by atoms with Crippen molar-refractivity contribution >= 4 is 11.3 Å². The molecule has 1 aromatic carbocycles. The van der Waals surface area contributed by atoms with Crippen molar-refractivity contribution in [3.8, 4) is 5.69 Å². The fraction of sp³-hybridized carbons (Fsp3) is 0.368. The van der Waals surface area contributed by atoms with Crippen LogP contribution in [0, 0.1) is 0 Å². The summed E-state index contributed by atoms with van der Waals surface area (Å²) >= 11 is 1.87. The van der Waals surface area contributed by atoms with Crippen LogP contribution in [0.15, 0.2) is 49.2 Å². The van der Waals surface area contributed by atoms with Crippen LogP contribution in [0.25, 0.3) is 5.69 Å². The molecule has 1 fully saturated rings. The molecule has 2 heterocycles. The van der Waals surface area contributed by atoms with Crippen LogP contribution in [0.3, 0.4) is 0 Å². The number of thiazole rings is 1. The van der Waals surface area contributed by atoms with Gasteiger partial charge >= 0.3 is 0 Å². The Balaban J connectivity index is 1.40. The van der Waals surface area contributed by atoms with E-state index in [0.29, 0.717) is 6.04 Å². The molecule has 0 unspecified atom stereocenters. The Kier molecular flexibility index (Phi) is 4.45. The third kappa shape index (κ3) is 3.28. The molecule has 1 saturated carbocycles. The van der Waals surface area contributed by atoms with Crippen molar-refractivity contribution < 1.29 is 0 Å². The third-order valence-corrected chi connectivity index (χ3v) is 5.94. The molecule has 0 saturated heterocycles. The molecule has 3 aromatic rings. The number of hydrogen-bond acceptors (Lipinski definition) is 4. The number of nitrogens with zero attached hydrogens (tertiary/aromatic N) is 3. The van der Waals surface area contributed by atoms with Gasteiger partial charge in [-0.05, 0) is 37.5 Å². The molecule has 0 aliphatic heterocycles. The van der Waals surface area contributed by atoms with Crippen LogP contribution in [-0.2, 0) is 6.54 Å². The molecule has 0 spiro atoms. The Bertz CT molecular complexity index is 789. The van der Waals surface area contributed by atoms with Crippen molar-refractivity contribution in [2.45, 2.75) is 44.7 Å². The number of nitrogens with one attached hydrogen (secondary N) is 1. The molecule has 1 aliphatic rings. The van der Waals surface area contributed by atoms with Crippen LogP contribution in [0.2, 0.25) is 0 Å². The summed E-state index contributed by atoms with van der Waals surface area (Å²) in [6.45, 7) is 3.09. The van der Waals surface area contributed by atoms with E-state index in [-0.39, 0.29) is 0 Å². The Hall–Kier alpha value is -1.98. The molecular weight excluding hydrogens is 316 g/mol. The number of hydrogen-bond donors (Lipinski definition) is 1. The first-order chi connectivity index (χ1) is 11.8. The van der Waals surface area contributed by atoms with Crippen molar-refractivity contribution in [1.29, 1.82) is 0 Å². The highest BCUT2D eigenvalue weighted by molar-refractivity contribution is 7.11. The smallest absolute Gasteiger partial charge is 0.0991 e. The molecule has 0 radical (unpaired) electrons. The van der Waals surface area contributed by atoms with Gasteiger partial charge in [0.1, 0.15) is 0 Å². The number of rotatable bonds is 6. The Labute approximate surface area is 146 Å². The summed E-state index contributed by atoms with van der Waals surface area (Å²) < 4.78 is 2.03. The van der Waals surface area contributed by atoms with E-state index in [0.717, 1.165) is 18.2 Å². The fourth-order valence-electron chi connectivity index (χ4n) is 2.99. The minimum absolute atomic E-state index is 0.294. The Morgan fingerprint density at radius 2 is 2.29 bits per heavy atom. The second-order valence-corrected chi connectivity index (χ2v) is 7.61. The maximum absolute atomic E-state index is 4.60. The van der Waals surface area contributed by atoms with Crippen molar-refractivity contribution in [3.05, 3.63) is 64.6 Å². The van der Waals surface area contributed by atoms with Gasteiger partial charge < -0.3 is 9.88 Å². The second-order valence-electron chi connectivity index (χ2n) is 6.46. The molecule has 1 N–H and O–H groups in total. The summed E-state index contributed by atoms with van der Waals surface area (Å²) in [6, 6.07) is 8.88. The lowest BCUT2D eigenvalue weighted by Crippen LogP contribution is -2.17. The van der Waals surface area contributed by atoms with Gasteiger partial charge in [-0.15, -0.1) is 11.3 Å². The van der Waals surface area contributed by atoms with Crippen molar-refractivity contribution in [2.24, 2.45) is 0 Å². The molecule has 4 nitrogen and oxygen atoms in total. The SMILES string of the molecule is C[C@@H](NCc1cnc(C2CCC2)s1)c1cccc(-n2ccnc2)c1. The van der Waals surface area contributed by atoms with E-state index in [1.807, 2.05) is 34.6 Å². The predicted molar refractivity (Wildman–Crippen MR) is 97.5 cm³/mol. The largest absolute Gasteiger partial charge is 0.306 e. The van der Waals surface area contributed by atoms with E-state index in [9.17, 15) is 0 Å². The van der Waals surface area contributed by atoms with Gasteiger partial charge in [-0.25, -0.2) is 9.97 Å². The van der Waals surface area contributed by atoms with Crippen LogP contribution in [0.1, 0.15) is 53.6 Å². The standard InChI is InChI=1S/C19H22N4S/c1-14(16-6-3-7-17(10-16)23-9-8-20-13-23)21-11-18-12-22-19(24-18)15-4-2-5-15/h3,6-10,12-15,21H,2,4-5,11H2,1H3/t14-/m1/s1. The quantitative estimate of drug-likeness (QED) is 0.722. The van der Waals surface area contributed by atoms with Crippen LogP contribution in [0.5, 0.6) is 0 Å². The summed E-state index contributed by atoms with van der Waals surface area (Å²) in [5, 5.41) is 4.95. The van der Waals surface area contributed by atoms with Crippen molar-refractivity contribution in [1.82, 2.24) is 19.9 Å². The normalized spacial score (nSPS) is 16.0. The number of aromatic nitrogens is 3. The molecule has 5 heteroatoms. The van der Waals surface area contributed by atoms with E-state index in [1.54, 1.807) is 6.20 Å². The summed E-state index contributed by atoms with van der Waals surface area (Å²) in [6.07, 6.45) is 11.6. The molecule has 0 amide bonds. The molecule has 2 aromatic heterocycles. The molecule has 0 bridgehead atoms. The van der Waals surface area contributed by atoms with Crippen molar-refractivity contribution in [3.63, 3.8) is 0 Å². The summed E-state index contributed by atoms with van der Waals surface area (Å²) in [5.74, 6) is 0.730. The predicted octanol–water partition coefficient (Wildman–Crippen LogP) is 4.45. The molecule has 124 valence electrons. The highest BCUT2D eigenvalue weighted by Crippen LogP contribution is 2.38. The minimum Gasteiger partial charge on any atom is -0.306 e. The van der Waals surface area contributed by atoms with Crippen LogP contribution in [0.4, 0.5) is 0 Å². The maximum Gasteiger partial charge on any atom is 0.0991 e. The Morgan fingerprint density at radius 1 is 1.38 bits per heavy atom. The van der Waals surface area contributed by atoms with E-state index >= 15 is 0 Å². The summed E-state index contributed by atoms with van der Waals surface area (Å²) in [7, 11) is 0. The average molecular weight is 338 g/mol. The van der Waals surface area contributed by atoms with E-state index in [2.05, 4.69) is 46.5 Å². The second kappa shape index (κ2) is 6.87. The lowest BCUT2D eigenvalue weighted by atomic mass is 9.86. The van der Waals surface area contributed by atoms with E-state index in [1.165, 1.54) is 34.7 Å². The third-order valence-electron chi connectivity index (χ3n) is 4.78. The fourth-order valence-corrected chi connectivity index (χ4v) is 4.02. The average Bonchev–Trinajstić information content (AvgIpc) is 3.23. The monoisotopic (exact) mass is 338 g/mol. The zero-order valence-electron chi connectivity index (χ0n) is 13.9. The van der Waals surface area contributed by atoms with E-state index in [4.69, 9.17) is 0 Å². The van der Waals surface area contributed by atoms with Crippen LogP contribution >= 0.6 is 11.3 Å². The van der Waals surface area contributed by atoms with Gasteiger partial charge in [-0.2, -0.15) is 0 Å². The molecular formula is C19H22N4S. The number of imidazole rings is 1. The molecule has 1 aliphatic carbocycles. The highest BCUT2D eigenvalue weighted by atomic mass is 32.1. The molecule has 1 atom stereocenters. The van der Waals surface area contributed by atoms with Crippen LogP contribution < -0.4 is 5.32 Å². The minimum atomic E-state index is 0.294. The van der Waals surface area contributed by atoms with E-state index < -0.39 is 0 Å². The zero-order chi connectivity index (χ0) is 16.4. The lowest BCUT2D eigenvalue weighted by molar-refractivity contribution is 0.418.